The SMILES string of the molecule is Cc1ccc2c(O[C@@H]3C[C@H]4C(=O)C[C@]5(C(=O)NS(=O)(=O)C6(C)CC6)C[C@H]5/C=C\CCCCC[C@H](Cc5ccccc5)C(=O)N4C3)cc(-c3ccccc3)nc2c1. The smallest absolute Gasteiger partial charge is 0.240 e. The van der Waals surface area contributed by atoms with Crippen molar-refractivity contribution in [3.8, 4) is 17.0 Å². The maximum Gasteiger partial charge on any atom is 0.240 e. The van der Waals surface area contributed by atoms with E-state index >= 15 is 0 Å². The maximum absolute atomic E-state index is 14.8. The van der Waals surface area contributed by atoms with Crippen molar-refractivity contribution in [3.63, 3.8) is 0 Å². The van der Waals surface area contributed by atoms with E-state index in [1.54, 1.807) is 11.8 Å². The van der Waals surface area contributed by atoms with Crippen LogP contribution in [0.5, 0.6) is 5.75 Å². The first-order chi connectivity index (χ1) is 26.9. The van der Waals surface area contributed by atoms with Gasteiger partial charge in [0.15, 0.2) is 5.78 Å². The van der Waals surface area contributed by atoms with Gasteiger partial charge in [-0.25, -0.2) is 13.4 Å². The molecule has 2 saturated carbocycles. The van der Waals surface area contributed by atoms with E-state index in [4.69, 9.17) is 9.72 Å². The number of Topliss-reactive ketones (excluding diaryl/α,β-unsaturated/α-hetero) is 1. The molecule has 0 radical (unpaired) electrons. The molecular formula is C46H51N3O6S. The molecule has 2 amide bonds. The fourth-order valence-electron chi connectivity index (χ4n) is 8.66. The van der Waals surface area contributed by atoms with Crippen LogP contribution in [0.4, 0.5) is 0 Å². The van der Waals surface area contributed by atoms with Crippen molar-refractivity contribution in [3.05, 3.63) is 108 Å². The zero-order valence-corrected chi connectivity index (χ0v) is 33.1. The summed E-state index contributed by atoms with van der Waals surface area (Å²) in [4.78, 5) is 50.3. The number of nitrogens with zero attached hydrogens (tertiary/aromatic N) is 2. The molecule has 0 unspecified atom stereocenters. The Bertz CT molecular complexity index is 2270. The van der Waals surface area contributed by atoms with E-state index in [1.807, 2.05) is 97.9 Å². The van der Waals surface area contributed by atoms with Crippen LogP contribution >= 0.6 is 0 Å². The van der Waals surface area contributed by atoms with Gasteiger partial charge < -0.3 is 9.64 Å². The van der Waals surface area contributed by atoms with Crippen LogP contribution in [-0.4, -0.2) is 59.3 Å². The Labute approximate surface area is 330 Å². The summed E-state index contributed by atoms with van der Waals surface area (Å²) in [5.74, 6) is -0.900. The van der Waals surface area contributed by atoms with Gasteiger partial charge in [-0.3, -0.25) is 19.1 Å². The topological polar surface area (TPSA) is 123 Å². The molecular weight excluding hydrogens is 723 g/mol. The van der Waals surface area contributed by atoms with Crippen LogP contribution in [0.15, 0.2) is 97.1 Å². The number of ether oxygens (including phenoxy) is 1. The normalized spacial score (nSPS) is 27.0. The first-order valence-corrected chi connectivity index (χ1v) is 21.7. The highest BCUT2D eigenvalue weighted by molar-refractivity contribution is 7.91. The lowest BCUT2D eigenvalue weighted by molar-refractivity contribution is -0.142. The summed E-state index contributed by atoms with van der Waals surface area (Å²) in [5.41, 5.74) is 3.45. The second-order valence-electron chi connectivity index (χ2n) is 16.8. The van der Waals surface area contributed by atoms with Crippen LogP contribution in [0, 0.1) is 24.2 Å². The Kier molecular flexibility index (Phi) is 10.4. The number of ketones is 1. The average molecular weight is 774 g/mol. The minimum atomic E-state index is -3.91. The van der Waals surface area contributed by atoms with Gasteiger partial charge in [-0.1, -0.05) is 91.7 Å². The molecule has 2 aliphatic heterocycles. The van der Waals surface area contributed by atoms with E-state index in [-0.39, 0.29) is 42.9 Å². The van der Waals surface area contributed by atoms with E-state index in [0.717, 1.165) is 59.0 Å². The lowest BCUT2D eigenvalue weighted by Gasteiger charge is -2.29. The number of aryl methyl sites for hydroxylation is 1. The Hall–Kier alpha value is -4.83. The van der Waals surface area contributed by atoms with E-state index in [0.29, 0.717) is 37.9 Å². The number of fused-ring (bicyclic) bond motifs is 3. The summed E-state index contributed by atoms with van der Waals surface area (Å²) in [6.07, 6.45) is 9.88. The number of aromatic nitrogens is 1. The summed E-state index contributed by atoms with van der Waals surface area (Å²) in [5, 5.41) is 0.841. The van der Waals surface area contributed by atoms with Crippen molar-refractivity contribution in [2.45, 2.75) is 101 Å². The van der Waals surface area contributed by atoms with E-state index in [9.17, 15) is 22.8 Å². The highest BCUT2D eigenvalue weighted by Gasteiger charge is 2.62. The van der Waals surface area contributed by atoms with Gasteiger partial charge in [0.05, 0.1) is 34.0 Å². The summed E-state index contributed by atoms with van der Waals surface area (Å²) in [6, 6.07) is 27.1. The van der Waals surface area contributed by atoms with Crippen molar-refractivity contribution in [2.24, 2.45) is 17.3 Å². The van der Waals surface area contributed by atoms with Gasteiger partial charge in [0.25, 0.3) is 0 Å². The second kappa shape index (κ2) is 15.3. The van der Waals surface area contributed by atoms with Crippen LogP contribution in [0.25, 0.3) is 22.2 Å². The predicted octanol–water partition coefficient (Wildman–Crippen LogP) is 7.90. The number of benzene rings is 3. The molecule has 5 atom stereocenters. The number of carbonyl (C=O) groups is 3. The van der Waals surface area contributed by atoms with Gasteiger partial charge in [-0.15, -0.1) is 0 Å². The zero-order valence-electron chi connectivity index (χ0n) is 32.3. The number of nitrogens with one attached hydrogen (secondary N) is 1. The molecule has 10 heteroatoms. The summed E-state index contributed by atoms with van der Waals surface area (Å²) in [6.45, 7) is 3.89. The number of allylic oxidation sites excluding steroid dienone is 2. The molecule has 9 nitrogen and oxygen atoms in total. The zero-order chi connectivity index (χ0) is 39.1. The van der Waals surface area contributed by atoms with Crippen molar-refractivity contribution in [2.75, 3.05) is 6.54 Å². The minimum absolute atomic E-state index is 0.0819. The molecule has 1 N–H and O–H groups in total. The predicted molar refractivity (Wildman–Crippen MR) is 217 cm³/mol. The van der Waals surface area contributed by atoms with Gasteiger partial charge in [-0.2, -0.15) is 0 Å². The largest absolute Gasteiger partial charge is 0.488 e. The van der Waals surface area contributed by atoms with Crippen LogP contribution in [0.2, 0.25) is 0 Å². The molecule has 56 heavy (non-hydrogen) atoms. The van der Waals surface area contributed by atoms with Gasteiger partial charge in [0.1, 0.15) is 11.9 Å². The third-order valence-corrected chi connectivity index (χ3v) is 14.7. The summed E-state index contributed by atoms with van der Waals surface area (Å²) >= 11 is 0. The van der Waals surface area contributed by atoms with Crippen molar-refractivity contribution < 1.29 is 27.5 Å². The highest BCUT2D eigenvalue weighted by Crippen LogP contribution is 2.57. The molecule has 3 fully saturated rings. The Morgan fingerprint density at radius 2 is 1.71 bits per heavy atom. The monoisotopic (exact) mass is 773 g/mol. The molecule has 2 aliphatic carbocycles. The molecule has 1 aromatic heterocycles. The number of hydrogen-bond acceptors (Lipinski definition) is 7. The molecule has 4 aromatic rings. The standard InChI is InChI=1S/C46H51N3O6S/c1-31-20-21-37-39(24-31)47-38(33-16-11-7-12-17-33)27-42(37)55-36-26-40-41(50)29-46(44(52)48-56(53,54)45(2)22-23-45)28-35(46)19-13-5-3-4-10-18-34(43(51)49(40)30-36)25-32-14-8-6-9-15-32/h6-9,11-17,19-21,24,27,34-36,40H,3-5,10,18,22-23,25-26,28-30H2,1-2H3,(H,48,52)/b19-13-/t34-,35-,36-,40+,46-/m1/s1. The van der Waals surface area contributed by atoms with Crippen LogP contribution in [-0.2, 0) is 30.8 Å². The number of carbonyl (C=O) groups excluding carboxylic acids is 3. The fourth-order valence-corrected chi connectivity index (χ4v) is 9.99. The van der Waals surface area contributed by atoms with Crippen molar-refractivity contribution in [1.29, 1.82) is 0 Å². The molecule has 4 aliphatic rings. The second-order valence-corrected chi connectivity index (χ2v) is 19.0. The van der Waals surface area contributed by atoms with Crippen LogP contribution in [0.3, 0.4) is 0 Å². The number of hydrogen-bond donors (Lipinski definition) is 1. The summed E-state index contributed by atoms with van der Waals surface area (Å²) < 4.78 is 34.8. The number of sulfonamides is 1. The van der Waals surface area contributed by atoms with Crippen molar-refractivity contribution >= 4 is 38.5 Å². The van der Waals surface area contributed by atoms with Gasteiger partial charge in [0, 0.05) is 35.8 Å². The molecule has 3 heterocycles. The van der Waals surface area contributed by atoms with Gasteiger partial charge in [0.2, 0.25) is 21.8 Å². The number of amides is 2. The average Bonchev–Trinajstić information content (AvgIpc) is 4.07. The Balaban J connectivity index is 1.13. The van der Waals surface area contributed by atoms with Crippen LogP contribution in [0.1, 0.15) is 82.3 Å². The molecule has 0 bridgehead atoms. The molecule has 3 aromatic carbocycles. The lowest BCUT2D eigenvalue weighted by Crippen LogP contribution is -2.47. The first kappa shape index (κ1) is 38.1. The van der Waals surface area contributed by atoms with E-state index in [2.05, 4.69) is 10.8 Å². The lowest BCUT2D eigenvalue weighted by atomic mass is 9.90. The van der Waals surface area contributed by atoms with Gasteiger partial charge in [-0.05, 0) is 88.0 Å². The van der Waals surface area contributed by atoms with E-state index in [1.165, 1.54) is 0 Å². The third-order valence-electron chi connectivity index (χ3n) is 12.6. The van der Waals surface area contributed by atoms with Gasteiger partial charge >= 0.3 is 0 Å². The summed E-state index contributed by atoms with van der Waals surface area (Å²) in [7, 11) is -3.91. The molecule has 1 saturated heterocycles. The molecule has 0 spiro atoms. The quantitative estimate of drug-likeness (QED) is 0.181. The molecule has 8 rings (SSSR count). The Morgan fingerprint density at radius 1 is 0.964 bits per heavy atom. The number of pyridine rings is 1. The highest BCUT2D eigenvalue weighted by atomic mass is 32.2. The van der Waals surface area contributed by atoms with Crippen LogP contribution < -0.4 is 9.46 Å². The minimum Gasteiger partial charge on any atom is -0.488 e. The van der Waals surface area contributed by atoms with Crippen molar-refractivity contribution in [1.82, 2.24) is 14.6 Å². The molecule has 292 valence electrons. The fraction of sp³-hybridized carbons (Fsp3) is 0.435. The number of rotatable bonds is 8. The van der Waals surface area contributed by atoms with E-state index < -0.39 is 38.2 Å². The maximum atomic E-state index is 14.8. The first-order valence-electron chi connectivity index (χ1n) is 20.2. The Morgan fingerprint density at radius 3 is 2.46 bits per heavy atom. The third kappa shape index (κ3) is 7.77.